The number of rotatable bonds is 2. The van der Waals surface area contributed by atoms with E-state index >= 15 is 0 Å². The zero-order valence-electron chi connectivity index (χ0n) is 12.2. The van der Waals surface area contributed by atoms with E-state index in [9.17, 15) is 9.90 Å². The number of aliphatic hydroxyl groups is 1. The van der Waals surface area contributed by atoms with Crippen molar-refractivity contribution in [1.29, 1.82) is 0 Å². The second kappa shape index (κ2) is 4.51. The molecule has 0 heterocycles. The number of ketones is 1. The molecule has 0 radical (unpaired) electrons. The minimum atomic E-state index is -1.40. The van der Waals surface area contributed by atoms with Crippen molar-refractivity contribution in [2.45, 2.75) is 47.1 Å². The maximum atomic E-state index is 12.7. The molecule has 0 spiro atoms. The minimum Gasteiger partial charge on any atom is -0.381 e. The Bertz CT molecular complexity index is 405. The lowest BCUT2D eigenvalue weighted by Gasteiger charge is -2.48. The van der Waals surface area contributed by atoms with Crippen LogP contribution in [0.15, 0.2) is 30.3 Å². The van der Waals surface area contributed by atoms with Crippen LogP contribution in [0.2, 0.25) is 0 Å². The van der Waals surface area contributed by atoms with Gasteiger partial charge in [-0.2, -0.15) is 0 Å². The maximum Gasteiger partial charge on any atom is 0.195 e. The van der Waals surface area contributed by atoms with Gasteiger partial charge in [-0.1, -0.05) is 71.9 Å². The molecule has 2 nitrogen and oxygen atoms in total. The first-order valence-electron chi connectivity index (χ1n) is 6.34. The molecule has 18 heavy (non-hydrogen) atoms. The lowest BCUT2D eigenvalue weighted by molar-refractivity contribution is -0.101. The van der Waals surface area contributed by atoms with Crippen LogP contribution in [0, 0.1) is 10.8 Å². The van der Waals surface area contributed by atoms with Gasteiger partial charge in [-0.25, -0.2) is 0 Å². The zero-order valence-corrected chi connectivity index (χ0v) is 12.2. The highest BCUT2D eigenvalue weighted by Gasteiger charge is 2.54. The molecule has 0 aliphatic heterocycles. The number of hydrogen-bond acceptors (Lipinski definition) is 2. The van der Waals surface area contributed by atoms with Crippen molar-refractivity contribution in [3.63, 3.8) is 0 Å². The van der Waals surface area contributed by atoms with Gasteiger partial charge in [0.15, 0.2) is 5.78 Å². The van der Waals surface area contributed by atoms with Gasteiger partial charge in [0.1, 0.15) is 5.60 Å². The third-order valence-electron chi connectivity index (χ3n) is 3.54. The van der Waals surface area contributed by atoms with Gasteiger partial charge in [-0.3, -0.25) is 4.79 Å². The lowest BCUT2D eigenvalue weighted by Crippen LogP contribution is -2.58. The predicted octanol–water partition coefficient (Wildman–Crippen LogP) is 3.69. The predicted molar refractivity (Wildman–Crippen MR) is 74.6 cm³/mol. The molecule has 0 saturated heterocycles. The Morgan fingerprint density at radius 2 is 1.28 bits per heavy atom. The van der Waals surface area contributed by atoms with Crippen molar-refractivity contribution >= 4 is 5.78 Å². The summed E-state index contributed by atoms with van der Waals surface area (Å²) in [7, 11) is 0. The highest BCUT2D eigenvalue weighted by atomic mass is 16.3. The fourth-order valence-electron chi connectivity index (χ4n) is 2.60. The molecule has 1 rings (SSSR count). The number of carbonyl (C=O) groups excluding carboxylic acids is 1. The van der Waals surface area contributed by atoms with Crippen molar-refractivity contribution in [1.82, 2.24) is 0 Å². The summed E-state index contributed by atoms with van der Waals surface area (Å²) in [6.45, 7) is 11.4. The quantitative estimate of drug-likeness (QED) is 0.810. The molecular weight excluding hydrogens is 224 g/mol. The first-order valence-corrected chi connectivity index (χ1v) is 6.34. The standard InChI is InChI=1S/C16H24O2/c1-14(2,3)16(18,15(4,5)6)13(17)12-10-8-7-9-11-12/h7-11,18H,1-6H3. The molecule has 100 valence electrons. The molecule has 0 aliphatic carbocycles. The summed E-state index contributed by atoms with van der Waals surface area (Å²) in [4.78, 5) is 12.7. The normalized spacial score (nSPS) is 13.5. The Labute approximate surface area is 110 Å². The molecule has 0 saturated carbocycles. The molecule has 0 aromatic heterocycles. The summed E-state index contributed by atoms with van der Waals surface area (Å²) in [5.41, 5.74) is -1.90. The summed E-state index contributed by atoms with van der Waals surface area (Å²) >= 11 is 0. The van der Waals surface area contributed by atoms with Crippen molar-refractivity contribution in [2.75, 3.05) is 0 Å². The van der Waals surface area contributed by atoms with Gasteiger partial charge in [0.25, 0.3) is 0 Å². The van der Waals surface area contributed by atoms with Crippen molar-refractivity contribution in [3.8, 4) is 0 Å². The van der Waals surface area contributed by atoms with Crippen LogP contribution in [-0.2, 0) is 0 Å². The molecular formula is C16H24O2. The van der Waals surface area contributed by atoms with Crippen LogP contribution >= 0.6 is 0 Å². The van der Waals surface area contributed by atoms with Gasteiger partial charge in [0, 0.05) is 5.56 Å². The van der Waals surface area contributed by atoms with Gasteiger partial charge >= 0.3 is 0 Å². The maximum absolute atomic E-state index is 12.7. The van der Waals surface area contributed by atoms with Crippen LogP contribution in [0.1, 0.15) is 51.9 Å². The van der Waals surface area contributed by atoms with Crippen molar-refractivity contribution in [3.05, 3.63) is 35.9 Å². The van der Waals surface area contributed by atoms with E-state index in [-0.39, 0.29) is 5.78 Å². The van der Waals surface area contributed by atoms with Crippen LogP contribution in [0.5, 0.6) is 0 Å². The first kappa shape index (κ1) is 14.9. The van der Waals surface area contributed by atoms with Gasteiger partial charge < -0.3 is 5.11 Å². The van der Waals surface area contributed by atoms with E-state index in [1.54, 1.807) is 12.1 Å². The molecule has 0 atom stereocenters. The van der Waals surface area contributed by atoms with Crippen LogP contribution < -0.4 is 0 Å². The molecule has 0 bridgehead atoms. The summed E-state index contributed by atoms with van der Waals surface area (Å²) in [5.74, 6) is -0.205. The van der Waals surface area contributed by atoms with Crippen LogP contribution in [0.3, 0.4) is 0 Å². The number of benzene rings is 1. The molecule has 0 aliphatic rings. The smallest absolute Gasteiger partial charge is 0.195 e. The molecule has 0 fully saturated rings. The van der Waals surface area contributed by atoms with E-state index in [1.165, 1.54) is 0 Å². The largest absolute Gasteiger partial charge is 0.381 e. The molecule has 0 amide bonds. The van der Waals surface area contributed by atoms with Gasteiger partial charge in [0.2, 0.25) is 0 Å². The molecule has 1 N–H and O–H groups in total. The second-order valence-electron chi connectivity index (χ2n) is 6.91. The fourth-order valence-corrected chi connectivity index (χ4v) is 2.60. The topological polar surface area (TPSA) is 37.3 Å². The fraction of sp³-hybridized carbons (Fsp3) is 0.562. The van der Waals surface area contributed by atoms with Crippen LogP contribution in [-0.4, -0.2) is 16.5 Å². The highest BCUT2D eigenvalue weighted by molar-refractivity contribution is 6.03. The molecule has 0 unspecified atom stereocenters. The van der Waals surface area contributed by atoms with E-state index in [1.807, 2.05) is 59.7 Å². The van der Waals surface area contributed by atoms with Crippen molar-refractivity contribution < 1.29 is 9.90 Å². The minimum absolute atomic E-state index is 0.205. The van der Waals surface area contributed by atoms with Crippen LogP contribution in [0.4, 0.5) is 0 Å². The Morgan fingerprint density at radius 1 is 0.889 bits per heavy atom. The average molecular weight is 248 g/mol. The van der Waals surface area contributed by atoms with E-state index < -0.39 is 16.4 Å². The molecule has 1 aromatic carbocycles. The third-order valence-corrected chi connectivity index (χ3v) is 3.54. The number of hydrogen-bond donors (Lipinski definition) is 1. The van der Waals surface area contributed by atoms with Gasteiger partial charge in [-0.05, 0) is 10.8 Å². The summed E-state index contributed by atoms with van der Waals surface area (Å²) in [5, 5.41) is 11.1. The number of carbonyl (C=O) groups is 1. The van der Waals surface area contributed by atoms with Crippen LogP contribution in [0.25, 0.3) is 0 Å². The average Bonchev–Trinajstić information content (AvgIpc) is 2.25. The SMILES string of the molecule is CC(C)(C)C(O)(C(=O)c1ccccc1)C(C)(C)C. The second-order valence-corrected chi connectivity index (χ2v) is 6.91. The van der Waals surface area contributed by atoms with E-state index in [0.29, 0.717) is 5.56 Å². The van der Waals surface area contributed by atoms with E-state index in [0.717, 1.165) is 0 Å². The Morgan fingerprint density at radius 3 is 1.61 bits per heavy atom. The van der Waals surface area contributed by atoms with Crippen molar-refractivity contribution in [2.24, 2.45) is 10.8 Å². The first-order chi connectivity index (χ1) is 8.02. The summed E-state index contributed by atoms with van der Waals surface area (Å²) in [6.07, 6.45) is 0. The number of Topliss-reactive ketones (excluding diaryl/α,β-unsaturated/α-hetero) is 1. The molecule has 1 aromatic rings. The monoisotopic (exact) mass is 248 g/mol. The Hall–Kier alpha value is -1.15. The third kappa shape index (κ3) is 2.35. The molecule has 2 heteroatoms. The Kier molecular flexibility index (Phi) is 3.73. The van der Waals surface area contributed by atoms with Gasteiger partial charge in [-0.15, -0.1) is 0 Å². The Balaban J connectivity index is 3.36. The van der Waals surface area contributed by atoms with E-state index in [4.69, 9.17) is 0 Å². The lowest BCUT2D eigenvalue weighted by atomic mass is 9.59. The zero-order chi connectivity index (χ0) is 14.2. The van der Waals surface area contributed by atoms with Gasteiger partial charge in [0.05, 0.1) is 0 Å². The summed E-state index contributed by atoms with van der Waals surface area (Å²) < 4.78 is 0. The van der Waals surface area contributed by atoms with E-state index in [2.05, 4.69) is 0 Å². The highest BCUT2D eigenvalue weighted by Crippen LogP contribution is 2.45. The summed E-state index contributed by atoms with van der Waals surface area (Å²) in [6, 6.07) is 9.01.